The molecule has 5 N–H and O–H groups in total. The first-order valence-electron chi connectivity index (χ1n) is 12.2. The van der Waals surface area contributed by atoms with E-state index < -0.39 is 60.3 Å². The lowest BCUT2D eigenvalue weighted by Crippen LogP contribution is -2.36. The predicted octanol–water partition coefficient (Wildman–Crippen LogP) is 2.31. The molecular formula is C19H33N2O14P3S. The maximum atomic E-state index is 12.4. The van der Waals surface area contributed by atoms with Crippen LogP contribution in [0.25, 0.3) is 0 Å². The monoisotopic (exact) mass is 638 g/mol. The van der Waals surface area contributed by atoms with Gasteiger partial charge in [-0.3, -0.25) is 13.6 Å². The largest absolute Gasteiger partial charge is 0.490 e. The number of ether oxygens (including phenoxy) is 1. The van der Waals surface area contributed by atoms with Gasteiger partial charge in [-0.1, -0.05) is 26.2 Å². The van der Waals surface area contributed by atoms with Crippen molar-refractivity contribution in [3.63, 3.8) is 0 Å². The summed E-state index contributed by atoms with van der Waals surface area (Å²) in [5.41, 5.74) is -0.775. The van der Waals surface area contributed by atoms with Crippen molar-refractivity contribution >= 4 is 35.2 Å². The van der Waals surface area contributed by atoms with Crippen LogP contribution >= 0.6 is 35.2 Å². The van der Waals surface area contributed by atoms with E-state index >= 15 is 0 Å². The van der Waals surface area contributed by atoms with Crippen LogP contribution in [0.2, 0.25) is 0 Å². The molecule has 224 valence electrons. The first-order valence-corrected chi connectivity index (χ1v) is 17.6. The zero-order valence-electron chi connectivity index (χ0n) is 21.0. The Kier molecular flexibility index (Phi) is 12.0. The van der Waals surface area contributed by atoms with Gasteiger partial charge in [0, 0.05) is 6.20 Å². The highest BCUT2D eigenvalue weighted by molar-refractivity contribution is 7.99. The molecular weight excluding hydrogens is 605 g/mol. The fraction of sp³-hybridized carbons (Fsp3) is 0.789. The predicted molar refractivity (Wildman–Crippen MR) is 136 cm³/mol. The Balaban J connectivity index is 1.54. The third-order valence-electron chi connectivity index (χ3n) is 5.88. The summed E-state index contributed by atoms with van der Waals surface area (Å²) in [5, 5.41) is 21.1. The molecule has 0 bridgehead atoms. The van der Waals surface area contributed by atoms with Crippen molar-refractivity contribution in [3.8, 4) is 0 Å². The molecule has 20 heteroatoms. The van der Waals surface area contributed by atoms with E-state index in [-0.39, 0.29) is 12.5 Å². The summed E-state index contributed by atoms with van der Waals surface area (Å²) in [4.78, 5) is 45.5. The van der Waals surface area contributed by atoms with E-state index in [1.165, 1.54) is 24.0 Å². The van der Waals surface area contributed by atoms with Crippen LogP contribution in [0.3, 0.4) is 0 Å². The van der Waals surface area contributed by atoms with Gasteiger partial charge in [-0.05, 0) is 37.0 Å². The molecule has 1 aliphatic heterocycles. The molecule has 7 atom stereocenters. The first kappa shape index (κ1) is 33.0. The van der Waals surface area contributed by atoms with Crippen molar-refractivity contribution in [2.24, 2.45) is 5.92 Å². The van der Waals surface area contributed by atoms with Crippen molar-refractivity contribution in [1.29, 1.82) is 0 Å². The molecule has 2 aliphatic rings. The second-order valence-corrected chi connectivity index (χ2v) is 14.8. The number of phosphoric ester groups is 2. The molecule has 3 rings (SSSR count). The highest BCUT2D eigenvalue weighted by Crippen LogP contribution is 2.67. The minimum absolute atomic E-state index is 0.0457. The van der Waals surface area contributed by atoms with Crippen molar-refractivity contribution in [2.45, 2.75) is 75.0 Å². The molecule has 1 saturated heterocycles. The lowest BCUT2D eigenvalue weighted by atomic mass is 9.90. The van der Waals surface area contributed by atoms with Gasteiger partial charge in [0.1, 0.15) is 23.3 Å². The Morgan fingerprint density at radius 2 is 1.62 bits per heavy atom. The van der Waals surface area contributed by atoms with Gasteiger partial charge < -0.3 is 29.6 Å². The fourth-order valence-electron chi connectivity index (χ4n) is 4.02. The van der Waals surface area contributed by atoms with Crippen molar-refractivity contribution < 1.29 is 61.0 Å². The van der Waals surface area contributed by atoms with Crippen molar-refractivity contribution in [3.05, 3.63) is 22.7 Å². The van der Waals surface area contributed by atoms with Gasteiger partial charge in [-0.2, -0.15) is 13.6 Å². The Bertz CT molecular complexity index is 1160. The van der Waals surface area contributed by atoms with Gasteiger partial charge >= 0.3 is 29.2 Å². The summed E-state index contributed by atoms with van der Waals surface area (Å²) in [5.74, 6) is 0.686. The van der Waals surface area contributed by atoms with Gasteiger partial charge in [-0.15, -0.1) is 11.8 Å². The Morgan fingerprint density at radius 3 is 2.21 bits per heavy atom. The number of aliphatic hydroxyl groups excluding tert-OH is 2. The lowest BCUT2D eigenvalue weighted by molar-refractivity contribution is -0.0543. The van der Waals surface area contributed by atoms with Crippen LogP contribution in [0.1, 0.15) is 51.7 Å². The number of rotatable bonds is 14. The molecule has 39 heavy (non-hydrogen) atoms. The van der Waals surface area contributed by atoms with Crippen LogP contribution < -0.4 is 5.69 Å². The van der Waals surface area contributed by atoms with Crippen LogP contribution in [0.5, 0.6) is 0 Å². The standard InChI is InChI=1S/C19H33N2O14P3S/c1-2-10-39-15-8-9-21(19(24)20-15)18-17(23)16(22)14(33-18)12-32-37(27,28)35-38(29,30)34-36(25,26)31-11-13-6-4-3-5-7-13/h8-9,13-14,16-18,22-23H,2-7,10-12H2,1H3,(H,25,26)(H,27,28)(H,29,30)/t14-,16?,17+,18-/m1/s1. The molecule has 0 spiro atoms. The van der Waals surface area contributed by atoms with E-state index in [0.717, 1.165) is 48.8 Å². The van der Waals surface area contributed by atoms with Crippen LogP contribution in [0.15, 0.2) is 22.1 Å². The summed E-state index contributed by atoms with van der Waals surface area (Å²) >= 11 is 1.35. The zero-order chi connectivity index (χ0) is 28.8. The van der Waals surface area contributed by atoms with Crippen molar-refractivity contribution in [1.82, 2.24) is 9.55 Å². The number of hydrogen-bond acceptors (Lipinski definition) is 13. The highest BCUT2D eigenvalue weighted by Gasteiger charge is 2.47. The molecule has 4 unspecified atom stereocenters. The van der Waals surface area contributed by atoms with Crippen LogP contribution in [0, 0.1) is 5.92 Å². The van der Waals surface area contributed by atoms with E-state index in [4.69, 9.17) is 9.26 Å². The van der Waals surface area contributed by atoms with E-state index in [0.29, 0.717) is 5.03 Å². The third kappa shape index (κ3) is 10.1. The third-order valence-corrected chi connectivity index (χ3v) is 11.3. The second kappa shape index (κ2) is 14.1. The molecule has 1 saturated carbocycles. The second-order valence-electron chi connectivity index (χ2n) is 9.01. The normalized spacial score (nSPS) is 29.0. The molecule has 2 fully saturated rings. The summed E-state index contributed by atoms with van der Waals surface area (Å²) in [7, 11) is -16.2. The van der Waals surface area contributed by atoms with Gasteiger partial charge in [0.2, 0.25) is 0 Å². The minimum Gasteiger partial charge on any atom is -0.387 e. The Hall–Kier alpha value is -0.480. The smallest absolute Gasteiger partial charge is 0.387 e. The lowest BCUT2D eigenvalue weighted by Gasteiger charge is -2.23. The molecule has 1 aromatic rings. The molecule has 0 radical (unpaired) electrons. The SMILES string of the molecule is CCCSc1ccn([C@@H]2O[C@H](COP(=O)(O)OP(=O)(O)OP(=O)(O)OCC3CCCCC3)C(O)[C@@H]2O)c(=O)n1. The average Bonchev–Trinajstić information content (AvgIpc) is 3.13. The van der Waals surface area contributed by atoms with Crippen LogP contribution in [0.4, 0.5) is 0 Å². The molecule has 1 aliphatic carbocycles. The number of thioether (sulfide) groups is 1. The summed E-state index contributed by atoms with van der Waals surface area (Å²) in [6.45, 7) is 0.784. The number of aliphatic hydroxyl groups is 2. The Labute approximate surface area is 228 Å². The highest BCUT2D eigenvalue weighted by atomic mass is 32.2. The molecule has 1 aromatic heterocycles. The molecule has 2 heterocycles. The number of nitrogens with zero attached hydrogens (tertiary/aromatic N) is 2. The summed E-state index contributed by atoms with van der Waals surface area (Å²) in [6, 6.07) is 1.52. The Morgan fingerprint density at radius 1 is 1.00 bits per heavy atom. The van der Waals surface area contributed by atoms with Gasteiger partial charge in [0.25, 0.3) is 0 Å². The minimum atomic E-state index is -5.66. The summed E-state index contributed by atoms with van der Waals surface area (Å²) in [6.07, 6.45) is 0.205. The van der Waals surface area contributed by atoms with E-state index in [9.17, 15) is 43.4 Å². The number of aromatic nitrogens is 2. The van der Waals surface area contributed by atoms with E-state index in [1.807, 2.05) is 6.92 Å². The topological polar surface area (TPSA) is 233 Å². The van der Waals surface area contributed by atoms with Gasteiger partial charge in [0.05, 0.1) is 13.2 Å². The van der Waals surface area contributed by atoms with Gasteiger partial charge in [-0.25, -0.2) is 18.5 Å². The van der Waals surface area contributed by atoms with Crippen molar-refractivity contribution in [2.75, 3.05) is 19.0 Å². The van der Waals surface area contributed by atoms with Crippen LogP contribution in [-0.2, 0) is 36.1 Å². The number of hydrogen-bond donors (Lipinski definition) is 5. The van der Waals surface area contributed by atoms with E-state index in [1.54, 1.807) is 0 Å². The fourth-order valence-corrected chi connectivity index (χ4v) is 8.32. The zero-order valence-corrected chi connectivity index (χ0v) is 24.5. The first-order chi connectivity index (χ1) is 18.2. The van der Waals surface area contributed by atoms with Gasteiger partial charge in [0.15, 0.2) is 6.23 Å². The maximum Gasteiger partial charge on any atom is 0.490 e. The molecule has 16 nitrogen and oxygen atoms in total. The van der Waals surface area contributed by atoms with E-state index in [2.05, 4.69) is 18.1 Å². The maximum absolute atomic E-state index is 12.4. The summed E-state index contributed by atoms with van der Waals surface area (Å²) < 4.78 is 60.1. The quantitative estimate of drug-likeness (QED) is 0.112. The number of phosphoric acid groups is 3. The van der Waals surface area contributed by atoms with Crippen LogP contribution in [-0.4, -0.2) is 71.7 Å². The molecule has 0 aromatic carbocycles. The molecule has 0 amide bonds. The average molecular weight is 638 g/mol.